The Morgan fingerprint density at radius 2 is 1.65 bits per heavy atom. The zero-order valence-electron chi connectivity index (χ0n) is 19.4. The van der Waals surface area contributed by atoms with Gasteiger partial charge in [0.15, 0.2) is 0 Å². The third-order valence-electron chi connectivity index (χ3n) is 6.57. The molecule has 4 rings (SSSR count). The zero-order valence-corrected chi connectivity index (χ0v) is 19.4. The Kier molecular flexibility index (Phi) is 6.61. The Hall–Kier alpha value is -3.39. The van der Waals surface area contributed by atoms with E-state index in [2.05, 4.69) is 29.6 Å². The van der Waals surface area contributed by atoms with Crippen molar-refractivity contribution in [1.82, 2.24) is 10.2 Å². The highest BCUT2D eigenvalue weighted by Crippen LogP contribution is 2.44. The number of rotatable bonds is 7. The molecular formula is C26H30N2O6. The summed E-state index contributed by atoms with van der Waals surface area (Å²) in [6.45, 7) is 4.02. The second-order valence-corrected chi connectivity index (χ2v) is 9.81. The molecule has 1 heterocycles. The molecule has 0 spiro atoms. The first kappa shape index (κ1) is 23.8. The number of aliphatic carboxylic acids is 1. The number of β-amino-alcohol motifs (C(OH)–C–C–N with tert-alkyl or cyclic N) is 1. The number of carbonyl (C=O) groups is 3. The normalized spacial score (nSPS) is 19.4. The molecule has 0 bridgehead atoms. The lowest BCUT2D eigenvalue weighted by molar-refractivity contribution is -0.149. The summed E-state index contributed by atoms with van der Waals surface area (Å²) in [4.78, 5) is 37.8. The number of carboxylic acids is 1. The first-order valence-electron chi connectivity index (χ1n) is 11.5. The molecule has 2 aromatic carbocycles. The van der Waals surface area contributed by atoms with E-state index in [4.69, 9.17) is 4.74 Å². The summed E-state index contributed by atoms with van der Waals surface area (Å²) in [5.74, 6) is -1.52. The number of carboxylic acid groups (broad SMARTS) is 1. The molecule has 2 unspecified atom stereocenters. The topological polar surface area (TPSA) is 116 Å². The van der Waals surface area contributed by atoms with Gasteiger partial charge in [0.25, 0.3) is 0 Å². The second kappa shape index (κ2) is 9.46. The van der Waals surface area contributed by atoms with E-state index in [1.54, 1.807) is 0 Å². The number of carbonyl (C=O) groups excluding carboxylic acids is 2. The van der Waals surface area contributed by atoms with Gasteiger partial charge in [0.2, 0.25) is 5.91 Å². The van der Waals surface area contributed by atoms with Gasteiger partial charge >= 0.3 is 12.1 Å². The van der Waals surface area contributed by atoms with Crippen LogP contribution in [-0.2, 0) is 14.3 Å². The fraction of sp³-hybridized carbons (Fsp3) is 0.423. The molecular weight excluding hydrogens is 436 g/mol. The number of ether oxygens (including phenoxy) is 1. The number of likely N-dealkylation sites (tertiary alicyclic amines) is 1. The van der Waals surface area contributed by atoms with E-state index in [-0.39, 0.29) is 44.4 Å². The predicted molar refractivity (Wildman–Crippen MR) is 125 cm³/mol. The van der Waals surface area contributed by atoms with Crippen LogP contribution in [0.25, 0.3) is 11.1 Å². The van der Waals surface area contributed by atoms with E-state index >= 15 is 0 Å². The van der Waals surface area contributed by atoms with Crippen LogP contribution in [0.3, 0.4) is 0 Å². The molecule has 8 heteroatoms. The molecule has 2 atom stereocenters. The SMILES string of the molecule is CC(C)(CNC(=O)OCC1c2ccccc2-c2ccccc21)CC(=O)N1CC(O)CC1C(=O)O. The van der Waals surface area contributed by atoms with E-state index in [0.29, 0.717) is 0 Å². The van der Waals surface area contributed by atoms with Crippen LogP contribution in [0.2, 0.25) is 0 Å². The molecule has 1 aliphatic carbocycles. The number of benzene rings is 2. The number of nitrogens with one attached hydrogen (secondary N) is 1. The minimum atomic E-state index is -1.13. The van der Waals surface area contributed by atoms with Crippen LogP contribution in [0, 0.1) is 5.41 Å². The van der Waals surface area contributed by atoms with Gasteiger partial charge in [-0.1, -0.05) is 62.4 Å². The van der Waals surface area contributed by atoms with Crippen molar-refractivity contribution >= 4 is 18.0 Å². The molecule has 34 heavy (non-hydrogen) atoms. The van der Waals surface area contributed by atoms with Gasteiger partial charge < -0.3 is 25.2 Å². The van der Waals surface area contributed by atoms with Gasteiger partial charge in [0.1, 0.15) is 12.6 Å². The van der Waals surface area contributed by atoms with Crippen molar-refractivity contribution in [3.8, 4) is 11.1 Å². The van der Waals surface area contributed by atoms with Gasteiger partial charge in [0.05, 0.1) is 6.10 Å². The third-order valence-corrected chi connectivity index (χ3v) is 6.57. The van der Waals surface area contributed by atoms with Gasteiger partial charge in [-0.25, -0.2) is 9.59 Å². The summed E-state index contributed by atoms with van der Waals surface area (Å²) >= 11 is 0. The Bertz CT molecular complexity index is 1050. The third kappa shape index (κ3) is 4.92. The van der Waals surface area contributed by atoms with Crippen molar-refractivity contribution in [3.05, 3.63) is 59.7 Å². The Labute approximate surface area is 198 Å². The second-order valence-electron chi connectivity index (χ2n) is 9.81. The maximum absolute atomic E-state index is 12.7. The maximum Gasteiger partial charge on any atom is 0.407 e. The number of aliphatic hydroxyl groups is 1. The average Bonchev–Trinajstić information content (AvgIpc) is 3.35. The summed E-state index contributed by atoms with van der Waals surface area (Å²) in [6.07, 6.45) is -1.35. The quantitative estimate of drug-likeness (QED) is 0.578. The lowest BCUT2D eigenvalue weighted by atomic mass is 9.88. The Balaban J connectivity index is 1.31. The van der Waals surface area contributed by atoms with Gasteiger partial charge in [-0.3, -0.25) is 4.79 Å². The van der Waals surface area contributed by atoms with Crippen LogP contribution < -0.4 is 5.32 Å². The Morgan fingerprint density at radius 1 is 1.06 bits per heavy atom. The summed E-state index contributed by atoms with van der Waals surface area (Å²) in [5, 5.41) is 21.8. The van der Waals surface area contributed by atoms with Crippen molar-refractivity contribution < 1.29 is 29.3 Å². The highest BCUT2D eigenvalue weighted by molar-refractivity contribution is 5.85. The molecule has 0 aromatic heterocycles. The van der Waals surface area contributed by atoms with Crippen molar-refractivity contribution in [2.75, 3.05) is 19.7 Å². The van der Waals surface area contributed by atoms with E-state index in [1.807, 2.05) is 38.1 Å². The van der Waals surface area contributed by atoms with Crippen molar-refractivity contribution in [3.63, 3.8) is 0 Å². The summed E-state index contributed by atoms with van der Waals surface area (Å²) in [6, 6.07) is 15.2. The van der Waals surface area contributed by atoms with E-state index in [9.17, 15) is 24.6 Å². The van der Waals surface area contributed by atoms with Crippen LogP contribution >= 0.6 is 0 Å². The molecule has 2 aromatic rings. The first-order valence-corrected chi connectivity index (χ1v) is 11.5. The zero-order chi connectivity index (χ0) is 24.5. The summed E-state index contributed by atoms with van der Waals surface area (Å²) < 4.78 is 5.55. The van der Waals surface area contributed by atoms with Crippen LogP contribution in [0.15, 0.2) is 48.5 Å². The van der Waals surface area contributed by atoms with Crippen LogP contribution in [0.5, 0.6) is 0 Å². The fourth-order valence-electron chi connectivity index (χ4n) is 4.86. The number of fused-ring (bicyclic) bond motifs is 3. The summed E-state index contributed by atoms with van der Waals surface area (Å²) in [5.41, 5.74) is 3.93. The molecule has 8 nitrogen and oxygen atoms in total. The van der Waals surface area contributed by atoms with Crippen molar-refractivity contribution in [2.45, 2.75) is 44.8 Å². The number of aliphatic hydroxyl groups excluding tert-OH is 1. The number of nitrogens with zero attached hydrogens (tertiary/aromatic N) is 1. The van der Waals surface area contributed by atoms with Crippen LogP contribution in [0.1, 0.15) is 43.7 Å². The van der Waals surface area contributed by atoms with Gasteiger partial charge in [-0.15, -0.1) is 0 Å². The number of amides is 2. The van der Waals surface area contributed by atoms with Crippen LogP contribution in [-0.4, -0.2) is 64.9 Å². The molecule has 0 saturated carbocycles. The number of alkyl carbamates (subject to hydrolysis) is 1. The lowest BCUT2D eigenvalue weighted by Gasteiger charge is -2.28. The first-order chi connectivity index (χ1) is 16.2. The molecule has 3 N–H and O–H groups in total. The predicted octanol–water partition coefficient (Wildman–Crippen LogP) is 2.99. The standard InChI is InChI=1S/C26H30N2O6/c1-26(2,12-23(30)28-13-16(29)11-22(28)24(31)32)15-27-25(33)34-14-21-19-9-5-3-7-17(19)18-8-4-6-10-20(18)21/h3-10,16,21-22,29H,11-15H2,1-2H3,(H,27,33)(H,31,32). The minimum Gasteiger partial charge on any atom is -0.480 e. The smallest absolute Gasteiger partial charge is 0.407 e. The molecule has 1 fully saturated rings. The monoisotopic (exact) mass is 466 g/mol. The highest BCUT2D eigenvalue weighted by atomic mass is 16.5. The van der Waals surface area contributed by atoms with Crippen molar-refractivity contribution in [2.24, 2.45) is 5.41 Å². The number of hydrogen-bond acceptors (Lipinski definition) is 5. The summed E-state index contributed by atoms with van der Waals surface area (Å²) in [7, 11) is 0. The molecule has 2 aliphatic rings. The molecule has 2 amide bonds. The molecule has 1 aliphatic heterocycles. The minimum absolute atomic E-state index is 0.00564. The van der Waals surface area contributed by atoms with Gasteiger partial charge in [0, 0.05) is 31.8 Å². The van der Waals surface area contributed by atoms with Gasteiger partial charge in [-0.05, 0) is 27.7 Å². The Morgan fingerprint density at radius 3 is 2.24 bits per heavy atom. The average molecular weight is 467 g/mol. The highest BCUT2D eigenvalue weighted by Gasteiger charge is 2.40. The van der Waals surface area contributed by atoms with Crippen LogP contribution in [0.4, 0.5) is 4.79 Å². The fourth-order valence-corrected chi connectivity index (χ4v) is 4.86. The van der Waals surface area contributed by atoms with E-state index in [0.717, 1.165) is 22.3 Å². The molecule has 0 radical (unpaired) electrons. The van der Waals surface area contributed by atoms with E-state index < -0.39 is 29.6 Å². The number of hydrogen-bond donors (Lipinski definition) is 3. The largest absolute Gasteiger partial charge is 0.480 e. The lowest BCUT2D eigenvalue weighted by Crippen LogP contribution is -2.44. The van der Waals surface area contributed by atoms with Gasteiger partial charge in [-0.2, -0.15) is 0 Å². The van der Waals surface area contributed by atoms with E-state index in [1.165, 1.54) is 4.90 Å². The molecule has 1 saturated heterocycles. The maximum atomic E-state index is 12.7. The van der Waals surface area contributed by atoms with Crippen molar-refractivity contribution in [1.29, 1.82) is 0 Å². The molecule has 180 valence electrons.